The van der Waals surface area contributed by atoms with Crippen LogP contribution in [0.5, 0.6) is 0 Å². The molecule has 1 aromatic carbocycles. The van der Waals surface area contributed by atoms with E-state index in [4.69, 9.17) is 4.74 Å². The van der Waals surface area contributed by atoms with Crippen molar-refractivity contribution in [2.24, 2.45) is 5.92 Å². The van der Waals surface area contributed by atoms with E-state index in [1.54, 1.807) is 39.0 Å². The lowest BCUT2D eigenvalue weighted by atomic mass is 10.1. The van der Waals surface area contributed by atoms with Crippen molar-refractivity contribution in [2.75, 3.05) is 6.61 Å². The summed E-state index contributed by atoms with van der Waals surface area (Å²) in [4.78, 5) is 12.0. The average Bonchev–Trinajstić information content (AvgIpc) is 2.29. The Kier molecular flexibility index (Phi) is 4.90. The molecule has 0 heterocycles. The fraction of sp³-hybridized carbons (Fsp3) is 0.462. The van der Waals surface area contributed by atoms with E-state index in [2.05, 4.69) is 0 Å². The zero-order chi connectivity index (χ0) is 13.8. The molecule has 0 radical (unpaired) electrons. The third kappa shape index (κ3) is 3.10. The van der Waals surface area contributed by atoms with Crippen LogP contribution in [-0.4, -0.2) is 26.2 Å². The summed E-state index contributed by atoms with van der Waals surface area (Å²) in [6.45, 7) is 5.22. The van der Waals surface area contributed by atoms with Crippen LogP contribution in [0.3, 0.4) is 0 Å². The third-order valence-corrected chi connectivity index (χ3v) is 4.87. The molecule has 0 saturated heterocycles. The summed E-state index contributed by atoms with van der Waals surface area (Å²) >= 11 is 0. The molecular formula is C13H18O4S. The van der Waals surface area contributed by atoms with Crippen molar-refractivity contribution in [3.8, 4) is 0 Å². The van der Waals surface area contributed by atoms with Crippen molar-refractivity contribution in [2.45, 2.75) is 30.9 Å². The van der Waals surface area contributed by atoms with Gasteiger partial charge >= 0.3 is 5.97 Å². The van der Waals surface area contributed by atoms with Crippen LogP contribution in [0.4, 0.5) is 0 Å². The van der Waals surface area contributed by atoms with Crippen LogP contribution in [0, 0.1) is 5.92 Å². The number of esters is 1. The van der Waals surface area contributed by atoms with E-state index < -0.39 is 21.1 Å². The Hall–Kier alpha value is -1.36. The van der Waals surface area contributed by atoms with Crippen LogP contribution < -0.4 is 0 Å². The molecule has 5 heteroatoms. The monoisotopic (exact) mass is 270 g/mol. The summed E-state index contributed by atoms with van der Waals surface area (Å²) in [7, 11) is -3.70. The number of hydrogen-bond donors (Lipinski definition) is 0. The molecule has 4 nitrogen and oxygen atoms in total. The summed E-state index contributed by atoms with van der Waals surface area (Å²) in [6, 6.07) is 7.98. The number of benzene rings is 1. The Morgan fingerprint density at radius 3 is 2.22 bits per heavy atom. The van der Waals surface area contributed by atoms with Crippen molar-refractivity contribution in [3.63, 3.8) is 0 Å². The number of hydrogen-bond acceptors (Lipinski definition) is 4. The van der Waals surface area contributed by atoms with Gasteiger partial charge in [-0.3, -0.25) is 4.79 Å². The number of carbonyl (C=O) groups excluding carboxylic acids is 1. The molecule has 1 rings (SSSR count). The van der Waals surface area contributed by atoms with Gasteiger partial charge in [0.15, 0.2) is 15.1 Å². The van der Waals surface area contributed by atoms with Crippen LogP contribution in [0.2, 0.25) is 0 Å². The molecule has 0 N–H and O–H groups in total. The van der Waals surface area contributed by atoms with Gasteiger partial charge in [0.2, 0.25) is 0 Å². The maximum atomic E-state index is 12.4. The third-order valence-electron chi connectivity index (χ3n) is 2.53. The van der Waals surface area contributed by atoms with E-state index in [9.17, 15) is 13.2 Å². The molecule has 18 heavy (non-hydrogen) atoms. The number of carbonyl (C=O) groups is 1. The minimum Gasteiger partial charge on any atom is -0.465 e. The molecule has 1 aromatic rings. The SMILES string of the molecule is CCOC(=O)C(C(C)C)S(=O)(=O)c1ccccc1. The molecule has 0 spiro atoms. The Morgan fingerprint density at radius 1 is 1.22 bits per heavy atom. The Labute approximate surface area is 108 Å². The van der Waals surface area contributed by atoms with E-state index in [1.807, 2.05) is 0 Å². The molecule has 1 unspecified atom stereocenters. The van der Waals surface area contributed by atoms with Crippen LogP contribution in [-0.2, 0) is 19.4 Å². The zero-order valence-electron chi connectivity index (χ0n) is 10.8. The standard InChI is InChI=1S/C13H18O4S/c1-4-17-13(14)12(10(2)3)18(15,16)11-8-6-5-7-9-11/h5-10,12H,4H2,1-3H3. The molecule has 100 valence electrons. The second-order valence-electron chi connectivity index (χ2n) is 4.27. The first-order valence-electron chi connectivity index (χ1n) is 5.86. The largest absolute Gasteiger partial charge is 0.465 e. The van der Waals surface area contributed by atoms with Gasteiger partial charge in [0, 0.05) is 0 Å². The van der Waals surface area contributed by atoms with E-state index in [1.165, 1.54) is 12.1 Å². The second-order valence-corrected chi connectivity index (χ2v) is 6.34. The van der Waals surface area contributed by atoms with Gasteiger partial charge in [0.1, 0.15) is 0 Å². The molecule has 0 fully saturated rings. The summed E-state index contributed by atoms with van der Waals surface area (Å²) < 4.78 is 29.6. The number of rotatable bonds is 5. The first-order chi connectivity index (χ1) is 8.41. The lowest BCUT2D eigenvalue weighted by molar-refractivity contribution is -0.143. The van der Waals surface area contributed by atoms with E-state index in [0.717, 1.165) is 0 Å². The fourth-order valence-electron chi connectivity index (χ4n) is 1.74. The molecule has 0 aliphatic heterocycles. The predicted molar refractivity (Wildman–Crippen MR) is 68.9 cm³/mol. The summed E-state index contributed by atoms with van der Waals surface area (Å²) in [5.41, 5.74) is 0. The van der Waals surface area contributed by atoms with Crippen molar-refractivity contribution in [3.05, 3.63) is 30.3 Å². The topological polar surface area (TPSA) is 60.4 Å². The number of sulfone groups is 1. The molecule has 0 aliphatic carbocycles. The van der Waals surface area contributed by atoms with Gasteiger partial charge in [-0.15, -0.1) is 0 Å². The number of ether oxygens (including phenoxy) is 1. The van der Waals surface area contributed by atoms with Crippen LogP contribution >= 0.6 is 0 Å². The lowest BCUT2D eigenvalue weighted by Crippen LogP contribution is -2.36. The Morgan fingerprint density at radius 2 is 1.78 bits per heavy atom. The second kappa shape index (κ2) is 6.00. The van der Waals surface area contributed by atoms with Gasteiger partial charge < -0.3 is 4.74 Å². The van der Waals surface area contributed by atoms with E-state index in [-0.39, 0.29) is 17.4 Å². The van der Waals surface area contributed by atoms with Crippen molar-refractivity contribution < 1.29 is 17.9 Å². The molecule has 0 aromatic heterocycles. The highest BCUT2D eigenvalue weighted by Crippen LogP contribution is 2.22. The highest BCUT2D eigenvalue weighted by atomic mass is 32.2. The summed E-state index contributed by atoms with van der Waals surface area (Å²) in [5, 5.41) is -1.15. The normalized spacial score (nSPS) is 13.3. The molecule has 0 amide bonds. The molecule has 0 bridgehead atoms. The first kappa shape index (κ1) is 14.7. The van der Waals surface area contributed by atoms with Gasteiger partial charge in [0.05, 0.1) is 11.5 Å². The van der Waals surface area contributed by atoms with E-state index >= 15 is 0 Å². The van der Waals surface area contributed by atoms with Gasteiger partial charge in [-0.05, 0) is 25.0 Å². The van der Waals surface area contributed by atoms with Crippen molar-refractivity contribution in [1.29, 1.82) is 0 Å². The van der Waals surface area contributed by atoms with E-state index in [0.29, 0.717) is 0 Å². The van der Waals surface area contributed by atoms with Gasteiger partial charge in [-0.2, -0.15) is 0 Å². The lowest BCUT2D eigenvalue weighted by Gasteiger charge is -2.19. The van der Waals surface area contributed by atoms with Gasteiger partial charge in [-0.25, -0.2) is 8.42 Å². The zero-order valence-corrected chi connectivity index (χ0v) is 11.6. The molecule has 0 aliphatic rings. The average molecular weight is 270 g/mol. The minimum absolute atomic E-state index is 0.150. The minimum atomic E-state index is -3.70. The highest BCUT2D eigenvalue weighted by Gasteiger charge is 2.37. The molecular weight excluding hydrogens is 252 g/mol. The summed E-state index contributed by atoms with van der Waals surface area (Å²) in [5.74, 6) is -1.02. The van der Waals surface area contributed by atoms with Crippen LogP contribution in [0.25, 0.3) is 0 Å². The Bertz CT molecular complexity index is 491. The highest BCUT2D eigenvalue weighted by molar-refractivity contribution is 7.92. The summed E-state index contributed by atoms with van der Waals surface area (Å²) in [6.07, 6.45) is 0. The predicted octanol–water partition coefficient (Wildman–Crippen LogP) is 2.05. The molecule has 0 saturated carbocycles. The van der Waals surface area contributed by atoms with Gasteiger partial charge in [-0.1, -0.05) is 32.0 Å². The maximum absolute atomic E-state index is 12.4. The maximum Gasteiger partial charge on any atom is 0.324 e. The smallest absolute Gasteiger partial charge is 0.324 e. The van der Waals surface area contributed by atoms with Crippen molar-refractivity contribution in [1.82, 2.24) is 0 Å². The van der Waals surface area contributed by atoms with Crippen LogP contribution in [0.15, 0.2) is 35.2 Å². The first-order valence-corrected chi connectivity index (χ1v) is 7.41. The molecule has 1 atom stereocenters. The van der Waals surface area contributed by atoms with Crippen molar-refractivity contribution >= 4 is 15.8 Å². The quantitative estimate of drug-likeness (QED) is 0.768. The Balaban J connectivity index is 3.18. The fourth-order valence-corrected chi connectivity index (χ4v) is 3.61. The van der Waals surface area contributed by atoms with Gasteiger partial charge in [0.25, 0.3) is 0 Å². The van der Waals surface area contributed by atoms with Crippen LogP contribution in [0.1, 0.15) is 20.8 Å².